The highest BCUT2D eigenvalue weighted by molar-refractivity contribution is 9.10. The van der Waals surface area contributed by atoms with Crippen LogP contribution < -0.4 is 5.73 Å². The lowest BCUT2D eigenvalue weighted by molar-refractivity contribution is -0.113. The fourth-order valence-electron chi connectivity index (χ4n) is 2.53. The average molecular weight is 394 g/mol. The molecule has 1 aromatic heterocycles. The highest BCUT2D eigenvalue weighted by Gasteiger charge is 2.21. The van der Waals surface area contributed by atoms with Crippen LogP contribution in [0.2, 0.25) is 0 Å². The van der Waals surface area contributed by atoms with Crippen LogP contribution in [0.15, 0.2) is 38.6 Å². The molecule has 0 saturated heterocycles. The molecule has 0 saturated carbocycles. The topological polar surface area (TPSA) is 60.4 Å². The van der Waals surface area contributed by atoms with Crippen LogP contribution in [0.4, 0.5) is 4.39 Å². The highest BCUT2D eigenvalue weighted by Crippen LogP contribution is 2.30. The van der Waals surface area contributed by atoms with Gasteiger partial charge in [0.1, 0.15) is 5.82 Å². The summed E-state index contributed by atoms with van der Waals surface area (Å²) in [5, 5.41) is 0.244. The van der Waals surface area contributed by atoms with Gasteiger partial charge in [-0.05, 0) is 61.5 Å². The van der Waals surface area contributed by atoms with Gasteiger partial charge in [-0.15, -0.1) is 0 Å². The Morgan fingerprint density at radius 2 is 2.09 bits per heavy atom. The maximum absolute atomic E-state index is 14.3. The molecule has 1 aromatic carbocycles. The number of hydrogen-bond acceptors (Lipinski definition) is 3. The summed E-state index contributed by atoms with van der Waals surface area (Å²) < 4.78 is 16.8. The molecule has 1 aliphatic rings. The second kappa shape index (κ2) is 5.98. The summed E-state index contributed by atoms with van der Waals surface area (Å²) in [6.45, 7) is 3.78. The molecule has 0 bridgehead atoms. The first kappa shape index (κ1) is 16.0. The molecular formula is C16H13BrFN3OS. The quantitative estimate of drug-likeness (QED) is 0.786. The summed E-state index contributed by atoms with van der Waals surface area (Å²) in [6, 6.07) is 6.84. The normalized spacial score (nSPS) is 16.3. The molecule has 2 N–H and O–H groups in total. The summed E-state index contributed by atoms with van der Waals surface area (Å²) in [7, 11) is 0. The Balaban J connectivity index is 2.07. The standard InChI is InChI=1S/C16H13BrFN3OS/c1-8-5-10(6-14-15(22)20-16(19)23-14)9(2)21(8)13-4-3-11(17)7-12(13)18/h3-7H,1-2H3,(H2,19,20,22). The molecule has 0 unspecified atom stereocenters. The third kappa shape index (κ3) is 2.98. The zero-order valence-electron chi connectivity index (χ0n) is 12.4. The predicted molar refractivity (Wildman–Crippen MR) is 95.1 cm³/mol. The number of thioether (sulfide) groups is 1. The molecular weight excluding hydrogens is 381 g/mol. The second-order valence-electron chi connectivity index (χ2n) is 5.12. The number of aryl methyl sites for hydroxylation is 1. The predicted octanol–water partition coefficient (Wildman–Crippen LogP) is 3.92. The number of aromatic nitrogens is 1. The van der Waals surface area contributed by atoms with Crippen molar-refractivity contribution in [1.82, 2.24) is 4.57 Å². The number of halogens is 2. The van der Waals surface area contributed by atoms with E-state index in [-0.39, 0.29) is 16.9 Å². The van der Waals surface area contributed by atoms with Gasteiger partial charge in [-0.3, -0.25) is 4.79 Å². The Labute approximate surface area is 145 Å². The molecule has 0 radical (unpaired) electrons. The van der Waals surface area contributed by atoms with E-state index in [1.807, 2.05) is 24.5 Å². The summed E-state index contributed by atoms with van der Waals surface area (Å²) in [5.41, 5.74) is 8.58. The van der Waals surface area contributed by atoms with Crippen LogP contribution in [0.1, 0.15) is 17.0 Å². The molecule has 0 aliphatic carbocycles. The van der Waals surface area contributed by atoms with Gasteiger partial charge in [0, 0.05) is 15.9 Å². The van der Waals surface area contributed by atoms with Gasteiger partial charge in [0.2, 0.25) is 0 Å². The third-order valence-corrected chi connectivity index (χ3v) is 4.85. The Kier molecular flexibility index (Phi) is 4.16. The molecule has 1 amide bonds. The fraction of sp³-hybridized carbons (Fsp3) is 0.125. The van der Waals surface area contributed by atoms with Crippen molar-refractivity contribution in [1.29, 1.82) is 0 Å². The van der Waals surface area contributed by atoms with Crippen molar-refractivity contribution in [2.75, 3.05) is 0 Å². The van der Waals surface area contributed by atoms with Crippen molar-refractivity contribution in [3.8, 4) is 5.69 Å². The molecule has 1 aliphatic heterocycles. The maximum Gasteiger partial charge on any atom is 0.286 e. The number of carbonyl (C=O) groups is 1. The van der Waals surface area contributed by atoms with Crippen LogP contribution in [0.25, 0.3) is 11.8 Å². The van der Waals surface area contributed by atoms with E-state index in [9.17, 15) is 9.18 Å². The Bertz CT molecular complexity index is 886. The van der Waals surface area contributed by atoms with E-state index in [0.717, 1.165) is 28.7 Å². The van der Waals surface area contributed by atoms with Crippen molar-refractivity contribution in [2.45, 2.75) is 13.8 Å². The number of carbonyl (C=O) groups excluding carboxylic acids is 1. The lowest BCUT2D eigenvalue weighted by Gasteiger charge is -2.11. The van der Waals surface area contributed by atoms with Crippen LogP contribution >= 0.6 is 27.7 Å². The Morgan fingerprint density at radius 1 is 1.35 bits per heavy atom. The van der Waals surface area contributed by atoms with Crippen molar-refractivity contribution in [3.63, 3.8) is 0 Å². The number of hydrogen-bond donors (Lipinski definition) is 1. The van der Waals surface area contributed by atoms with Crippen LogP contribution in [-0.2, 0) is 4.79 Å². The van der Waals surface area contributed by atoms with E-state index in [1.54, 1.807) is 18.2 Å². The molecule has 7 heteroatoms. The molecule has 23 heavy (non-hydrogen) atoms. The van der Waals surface area contributed by atoms with Crippen molar-refractivity contribution >= 4 is 44.8 Å². The first-order chi connectivity index (χ1) is 10.9. The number of aliphatic imine (C=N–C) groups is 1. The van der Waals surface area contributed by atoms with Gasteiger partial charge in [-0.25, -0.2) is 4.39 Å². The number of rotatable bonds is 2. The van der Waals surface area contributed by atoms with E-state index in [2.05, 4.69) is 20.9 Å². The van der Waals surface area contributed by atoms with Crippen LogP contribution in [-0.4, -0.2) is 15.6 Å². The lowest BCUT2D eigenvalue weighted by Crippen LogP contribution is -2.02. The van der Waals surface area contributed by atoms with E-state index in [0.29, 0.717) is 15.1 Å². The van der Waals surface area contributed by atoms with Gasteiger partial charge in [0.15, 0.2) is 5.17 Å². The molecule has 0 fully saturated rings. The van der Waals surface area contributed by atoms with Crippen molar-refractivity contribution in [2.24, 2.45) is 10.7 Å². The second-order valence-corrected chi connectivity index (χ2v) is 7.10. The third-order valence-electron chi connectivity index (χ3n) is 3.54. The molecule has 0 spiro atoms. The summed E-state index contributed by atoms with van der Waals surface area (Å²) >= 11 is 4.40. The monoisotopic (exact) mass is 393 g/mol. The minimum Gasteiger partial charge on any atom is -0.378 e. The van der Waals surface area contributed by atoms with Crippen molar-refractivity contribution in [3.05, 3.63) is 56.4 Å². The van der Waals surface area contributed by atoms with E-state index in [4.69, 9.17) is 5.73 Å². The largest absolute Gasteiger partial charge is 0.378 e. The number of nitrogens with two attached hydrogens (primary N) is 1. The number of amides is 1. The fourth-order valence-corrected chi connectivity index (χ4v) is 3.54. The zero-order valence-corrected chi connectivity index (χ0v) is 14.8. The van der Waals surface area contributed by atoms with Gasteiger partial charge in [-0.1, -0.05) is 15.9 Å². The molecule has 0 atom stereocenters. The first-order valence-electron chi connectivity index (χ1n) is 6.79. The number of amidine groups is 1. The molecule has 2 aromatic rings. The summed E-state index contributed by atoms with van der Waals surface area (Å²) in [5.74, 6) is -0.661. The Morgan fingerprint density at radius 3 is 2.70 bits per heavy atom. The van der Waals surface area contributed by atoms with Gasteiger partial charge in [0.25, 0.3) is 5.91 Å². The van der Waals surface area contributed by atoms with E-state index < -0.39 is 0 Å². The highest BCUT2D eigenvalue weighted by atomic mass is 79.9. The minimum absolute atomic E-state index is 0.244. The minimum atomic E-state index is -0.341. The van der Waals surface area contributed by atoms with Gasteiger partial charge >= 0.3 is 0 Å². The Hall–Kier alpha value is -1.86. The van der Waals surface area contributed by atoms with Crippen LogP contribution in [0.3, 0.4) is 0 Å². The van der Waals surface area contributed by atoms with Gasteiger partial charge in [0.05, 0.1) is 10.6 Å². The summed E-state index contributed by atoms with van der Waals surface area (Å²) in [4.78, 5) is 15.9. The molecule has 2 heterocycles. The van der Waals surface area contributed by atoms with Crippen molar-refractivity contribution < 1.29 is 9.18 Å². The maximum atomic E-state index is 14.3. The summed E-state index contributed by atoms with van der Waals surface area (Å²) in [6.07, 6.45) is 1.74. The zero-order chi connectivity index (χ0) is 16.7. The van der Waals surface area contributed by atoms with Gasteiger partial charge in [-0.2, -0.15) is 4.99 Å². The van der Waals surface area contributed by atoms with E-state index >= 15 is 0 Å². The van der Waals surface area contributed by atoms with Crippen LogP contribution in [0, 0.1) is 19.7 Å². The lowest BCUT2D eigenvalue weighted by atomic mass is 10.2. The average Bonchev–Trinajstić information content (AvgIpc) is 2.91. The number of nitrogens with zero attached hydrogens (tertiary/aromatic N) is 2. The molecule has 3 rings (SSSR count). The first-order valence-corrected chi connectivity index (χ1v) is 8.40. The van der Waals surface area contributed by atoms with E-state index in [1.165, 1.54) is 6.07 Å². The SMILES string of the molecule is Cc1cc(C=C2SC(N)=NC2=O)c(C)n1-c1ccc(Br)cc1F. The van der Waals surface area contributed by atoms with Crippen LogP contribution in [0.5, 0.6) is 0 Å². The number of benzene rings is 1. The smallest absolute Gasteiger partial charge is 0.286 e. The van der Waals surface area contributed by atoms with Gasteiger partial charge < -0.3 is 10.3 Å². The molecule has 4 nitrogen and oxygen atoms in total. The molecule has 118 valence electrons.